The van der Waals surface area contributed by atoms with Crippen molar-refractivity contribution in [2.45, 2.75) is 89.8 Å². The molecule has 1 N–H and O–H groups in total. The van der Waals surface area contributed by atoms with Crippen LogP contribution in [-0.2, 0) is 23.9 Å². The van der Waals surface area contributed by atoms with Gasteiger partial charge in [0.15, 0.2) is 11.4 Å². The molecule has 1 aliphatic heterocycles. The molecule has 6 rings (SSSR count). The number of carbonyl (C=O) groups excluding carboxylic acids is 4. The maximum Gasteiger partial charge on any atom is 0.306 e. The molecule has 6 nitrogen and oxygen atoms in total. The van der Waals surface area contributed by atoms with E-state index in [2.05, 4.69) is 6.92 Å². The van der Waals surface area contributed by atoms with Gasteiger partial charge >= 0.3 is 5.97 Å². The molecule has 0 radical (unpaired) electrons. The lowest BCUT2D eigenvalue weighted by atomic mass is 9.44. The topological polar surface area (TPSA) is 97.7 Å². The molecule has 6 aliphatic rings. The summed E-state index contributed by atoms with van der Waals surface area (Å²) in [6.07, 6.45) is 7.91. The highest BCUT2D eigenvalue weighted by Gasteiger charge is 2.88. The predicted octanol–water partition coefficient (Wildman–Crippen LogP) is 4.22. The molecular formula is C28H33ClO6. The van der Waals surface area contributed by atoms with Crippen molar-refractivity contribution >= 4 is 34.9 Å². The van der Waals surface area contributed by atoms with Gasteiger partial charge in [-0.15, -0.1) is 0 Å². The lowest BCUT2D eigenvalue weighted by Gasteiger charge is -2.59. The Kier molecular flexibility index (Phi) is 4.68. The van der Waals surface area contributed by atoms with Crippen LogP contribution in [0, 0.1) is 34.0 Å². The minimum Gasteiger partial charge on any atom is -0.449 e. The maximum absolute atomic E-state index is 14.0. The molecule has 5 aliphatic carbocycles. The number of Topliss-reactive ketones (excluding diaryl/α,β-unsaturated/α-hetero) is 2. The molecule has 4 fully saturated rings. The molecule has 0 aromatic rings. The van der Waals surface area contributed by atoms with Crippen molar-refractivity contribution in [1.29, 1.82) is 0 Å². The van der Waals surface area contributed by atoms with E-state index in [1.54, 1.807) is 0 Å². The maximum atomic E-state index is 14.0. The second kappa shape index (κ2) is 6.95. The quantitative estimate of drug-likeness (QED) is 0.541. The third-order valence-corrected chi connectivity index (χ3v) is 11.7. The Labute approximate surface area is 210 Å². The van der Waals surface area contributed by atoms with E-state index in [0.29, 0.717) is 55.6 Å². The van der Waals surface area contributed by atoms with Crippen molar-refractivity contribution in [3.05, 3.63) is 22.8 Å². The highest BCUT2D eigenvalue weighted by molar-refractivity contribution is 6.33. The van der Waals surface area contributed by atoms with Crippen molar-refractivity contribution in [2.75, 3.05) is 0 Å². The number of esters is 1. The molecular weight excluding hydrogens is 468 g/mol. The molecule has 0 unspecified atom stereocenters. The lowest BCUT2D eigenvalue weighted by Crippen LogP contribution is -2.61. The highest BCUT2D eigenvalue weighted by Crippen LogP contribution is 2.80. The smallest absolute Gasteiger partial charge is 0.306 e. The van der Waals surface area contributed by atoms with E-state index >= 15 is 0 Å². The summed E-state index contributed by atoms with van der Waals surface area (Å²) >= 11 is 6.92. The number of ketones is 3. The zero-order valence-electron chi connectivity index (χ0n) is 20.6. The standard InChI is InChI=1S/C28H33ClO6/c1-15(30)27(34)11-9-17-16-12-20(29)19-13-22(32)28-14-26(28,21(31)6-4-5-7-23(33)35-28)25(19,3)18(16)8-10-24(17,27)2/h12-13,16-18,34H,4-11,14H2,1-3H3/t16-,17-,18-,24-,25+,26-,27-,28+/m0/s1. The average molecular weight is 501 g/mol. The number of ether oxygens (including phenoxy) is 1. The van der Waals surface area contributed by atoms with Crippen LogP contribution in [-0.4, -0.2) is 39.6 Å². The summed E-state index contributed by atoms with van der Waals surface area (Å²) in [5.74, 6) is -0.970. The van der Waals surface area contributed by atoms with Gasteiger partial charge in [-0.05, 0) is 74.9 Å². The third kappa shape index (κ3) is 2.46. The summed E-state index contributed by atoms with van der Waals surface area (Å²) in [5.41, 5.74) is -4.57. The second-order valence-corrected chi connectivity index (χ2v) is 12.8. The normalized spacial score (nSPS) is 50.5. The van der Waals surface area contributed by atoms with Gasteiger partial charge in [0.05, 0.1) is 5.41 Å². The Morgan fingerprint density at radius 2 is 1.77 bits per heavy atom. The van der Waals surface area contributed by atoms with Crippen LogP contribution in [0.1, 0.15) is 78.6 Å². The molecule has 0 aromatic carbocycles. The minimum atomic E-state index is -1.43. The molecule has 35 heavy (non-hydrogen) atoms. The summed E-state index contributed by atoms with van der Waals surface area (Å²) in [6, 6.07) is 0. The van der Waals surface area contributed by atoms with E-state index in [9.17, 15) is 24.3 Å². The molecule has 188 valence electrons. The molecule has 0 aromatic heterocycles. The first-order valence-corrected chi connectivity index (χ1v) is 13.4. The number of hydrogen-bond donors (Lipinski definition) is 1. The van der Waals surface area contributed by atoms with Crippen LogP contribution in [0.15, 0.2) is 22.8 Å². The Balaban J connectivity index is 1.52. The van der Waals surface area contributed by atoms with Crippen molar-refractivity contribution in [3.63, 3.8) is 0 Å². The number of aliphatic hydroxyl groups is 1. The van der Waals surface area contributed by atoms with E-state index in [-0.39, 0.29) is 47.9 Å². The van der Waals surface area contributed by atoms with Gasteiger partial charge in [0.1, 0.15) is 11.4 Å². The molecule has 1 heterocycles. The predicted molar refractivity (Wildman–Crippen MR) is 127 cm³/mol. The van der Waals surface area contributed by atoms with Crippen molar-refractivity contribution in [3.8, 4) is 0 Å². The van der Waals surface area contributed by atoms with Crippen LogP contribution in [0.5, 0.6) is 0 Å². The van der Waals surface area contributed by atoms with Crippen LogP contribution >= 0.6 is 11.6 Å². The van der Waals surface area contributed by atoms with Crippen molar-refractivity contribution < 1.29 is 29.0 Å². The Morgan fingerprint density at radius 1 is 1.09 bits per heavy atom. The SMILES string of the molecule is CC(=O)[C@@]1(O)CC[C@H]2[C@@H]3C=C(Cl)C4=CC(=O)[C@]56C[C@]5(C(=O)CCCCC(=O)O6)[C@]4(C)[C@H]3CC[C@@]21C. The Bertz CT molecular complexity index is 1150. The van der Waals surface area contributed by atoms with Crippen molar-refractivity contribution in [1.82, 2.24) is 0 Å². The lowest BCUT2D eigenvalue weighted by molar-refractivity contribution is -0.169. The van der Waals surface area contributed by atoms with Gasteiger partial charge in [-0.2, -0.15) is 0 Å². The summed E-state index contributed by atoms with van der Waals surface area (Å²) in [7, 11) is 0. The van der Waals surface area contributed by atoms with Gasteiger partial charge in [-0.1, -0.05) is 31.5 Å². The van der Waals surface area contributed by atoms with E-state index in [4.69, 9.17) is 16.3 Å². The van der Waals surface area contributed by atoms with Crippen LogP contribution < -0.4 is 0 Å². The van der Waals surface area contributed by atoms with Gasteiger partial charge in [0.25, 0.3) is 0 Å². The van der Waals surface area contributed by atoms with E-state index < -0.39 is 33.4 Å². The first-order chi connectivity index (χ1) is 16.4. The van der Waals surface area contributed by atoms with Crippen molar-refractivity contribution in [2.24, 2.45) is 34.0 Å². The minimum absolute atomic E-state index is 0.00114. The fourth-order valence-corrected chi connectivity index (χ4v) is 9.84. The van der Waals surface area contributed by atoms with Gasteiger partial charge in [0, 0.05) is 35.1 Å². The highest BCUT2D eigenvalue weighted by atomic mass is 35.5. The molecule has 0 spiro atoms. The first-order valence-electron chi connectivity index (χ1n) is 13.0. The summed E-state index contributed by atoms with van der Waals surface area (Å²) < 4.78 is 5.91. The fraction of sp³-hybridized carbons (Fsp3) is 0.714. The van der Waals surface area contributed by atoms with Crippen LogP contribution in [0.2, 0.25) is 0 Å². The fourth-order valence-electron chi connectivity index (χ4n) is 9.45. The zero-order chi connectivity index (χ0) is 25.2. The Morgan fingerprint density at radius 3 is 2.49 bits per heavy atom. The molecule has 0 amide bonds. The molecule has 7 heteroatoms. The van der Waals surface area contributed by atoms with E-state index in [1.807, 2.05) is 13.0 Å². The van der Waals surface area contributed by atoms with Crippen LogP contribution in [0.4, 0.5) is 0 Å². The molecule has 8 atom stereocenters. The average Bonchev–Trinajstić information content (AvgIpc) is 3.40. The number of carbonyl (C=O) groups is 4. The monoisotopic (exact) mass is 500 g/mol. The molecule has 3 saturated carbocycles. The third-order valence-electron chi connectivity index (χ3n) is 11.4. The number of fused-ring (bicyclic) bond motifs is 5. The second-order valence-electron chi connectivity index (χ2n) is 12.4. The summed E-state index contributed by atoms with van der Waals surface area (Å²) in [5, 5.41) is 11.9. The first kappa shape index (κ1) is 23.6. The summed E-state index contributed by atoms with van der Waals surface area (Å²) in [4.78, 5) is 52.7. The summed E-state index contributed by atoms with van der Waals surface area (Å²) in [6.45, 7) is 5.55. The van der Waals surface area contributed by atoms with E-state index in [0.717, 1.165) is 0 Å². The van der Waals surface area contributed by atoms with Crippen LogP contribution in [0.25, 0.3) is 0 Å². The zero-order valence-corrected chi connectivity index (χ0v) is 21.4. The Hall–Kier alpha value is -1.79. The van der Waals surface area contributed by atoms with Gasteiger partial charge in [-0.25, -0.2) is 0 Å². The number of halogens is 1. The number of allylic oxidation sites excluding steroid dienone is 3. The molecule has 1 saturated heterocycles. The van der Waals surface area contributed by atoms with Gasteiger partial charge in [0.2, 0.25) is 5.78 Å². The van der Waals surface area contributed by atoms with Gasteiger partial charge in [-0.3, -0.25) is 19.2 Å². The number of rotatable bonds is 1. The van der Waals surface area contributed by atoms with E-state index in [1.165, 1.54) is 13.0 Å². The van der Waals surface area contributed by atoms with Gasteiger partial charge < -0.3 is 9.84 Å². The van der Waals surface area contributed by atoms with Crippen LogP contribution in [0.3, 0.4) is 0 Å². The largest absolute Gasteiger partial charge is 0.449 e. The molecule has 0 bridgehead atoms. The number of hydrogen-bond acceptors (Lipinski definition) is 6.